The second-order valence-corrected chi connectivity index (χ2v) is 9.12. The van der Waals surface area contributed by atoms with Crippen LogP contribution < -0.4 is 11.5 Å². The Morgan fingerprint density at radius 2 is 0.926 bits per heavy atom. The summed E-state index contributed by atoms with van der Waals surface area (Å²) in [5, 5.41) is 2.25. The van der Waals surface area contributed by atoms with Crippen LogP contribution in [-0.2, 0) is 6.42 Å². The van der Waals surface area contributed by atoms with E-state index in [0.29, 0.717) is 37.9 Å². The lowest BCUT2D eigenvalue weighted by atomic mass is 9.90. The quantitative estimate of drug-likeness (QED) is 0.467. The van der Waals surface area contributed by atoms with E-state index in [0.717, 1.165) is 33.4 Å². The average Bonchev–Trinajstić information content (AvgIpc) is 2.57. The highest BCUT2D eigenvalue weighted by Gasteiger charge is 2.25. The maximum Gasteiger partial charge on any atom is 0.0511 e. The van der Waals surface area contributed by atoms with Crippen LogP contribution in [0.4, 0.5) is 11.4 Å². The van der Waals surface area contributed by atoms with E-state index in [1.54, 1.807) is 0 Å². The molecule has 0 spiro atoms. The van der Waals surface area contributed by atoms with Crippen LogP contribution in [-0.4, -0.2) is 0 Å². The smallest absolute Gasteiger partial charge is 0.0511 e. The molecule has 0 amide bonds. The molecule has 0 bridgehead atoms. The Morgan fingerprint density at radius 1 is 0.630 bits per heavy atom. The summed E-state index contributed by atoms with van der Waals surface area (Å²) in [7, 11) is 0. The van der Waals surface area contributed by atoms with Gasteiger partial charge in [0.25, 0.3) is 0 Å². The van der Waals surface area contributed by atoms with Crippen LogP contribution in [0.25, 0.3) is 0 Å². The Morgan fingerprint density at radius 3 is 1.19 bits per heavy atom. The van der Waals surface area contributed by atoms with Gasteiger partial charge in [0.1, 0.15) is 0 Å². The van der Waals surface area contributed by atoms with Gasteiger partial charge < -0.3 is 11.5 Å². The molecule has 0 saturated heterocycles. The first kappa shape index (κ1) is 22.5. The van der Waals surface area contributed by atoms with Crippen LogP contribution in [0.2, 0.25) is 20.1 Å². The monoisotopic (exact) mass is 446 g/mol. The maximum absolute atomic E-state index is 6.74. The van der Waals surface area contributed by atoms with Gasteiger partial charge in [-0.3, -0.25) is 0 Å². The van der Waals surface area contributed by atoms with Crippen molar-refractivity contribution in [1.82, 2.24) is 0 Å². The summed E-state index contributed by atoms with van der Waals surface area (Å²) in [5.74, 6) is 0.329. The SMILES string of the molecule is Cc1c(N)c(C(C)C)c(Cl)c(Cc2c(Cl)c(C)c(N)c(C(C)C)c2Cl)c1Cl. The van der Waals surface area contributed by atoms with Gasteiger partial charge in [0.15, 0.2) is 0 Å². The first-order valence-corrected chi connectivity index (χ1v) is 10.4. The summed E-state index contributed by atoms with van der Waals surface area (Å²) in [6, 6.07) is 0. The van der Waals surface area contributed by atoms with E-state index in [1.165, 1.54) is 0 Å². The molecule has 2 aromatic rings. The van der Waals surface area contributed by atoms with Gasteiger partial charge in [-0.05, 0) is 59.1 Å². The highest BCUT2D eigenvalue weighted by molar-refractivity contribution is 6.39. The summed E-state index contributed by atoms with van der Waals surface area (Å²) in [6.07, 6.45) is 0.414. The highest BCUT2D eigenvalue weighted by Crippen LogP contribution is 2.45. The molecule has 0 unspecified atom stereocenters. The zero-order chi connectivity index (χ0) is 20.8. The van der Waals surface area contributed by atoms with Gasteiger partial charge in [0, 0.05) is 17.8 Å². The predicted octanol–water partition coefficient (Wildman–Crippen LogP) is 7.92. The lowest BCUT2D eigenvalue weighted by Crippen LogP contribution is -2.08. The largest absolute Gasteiger partial charge is 0.398 e. The number of anilines is 2. The van der Waals surface area contributed by atoms with Crippen molar-refractivity contribution in [1.29, 1.82) is 0 Å². The molecule has 0 atom stereocenters. The molecule has 0 aliphatic carbocycles. The summed E-state index contributed by atoms with van der Waals surface area (Å²) in [4.78, 5) is 0. The molecular formula is C21H26Cl4N2. The molecule has 2 aromatic carbocycles. The lowest BCUT2D eigenvalue weighted by molar-refractivity contribution is 0.861. The minimum Gasteiger partial charge on any atom is -0.398 e. The lowest BCUT2D eigenvalue weighted by Gasteiger charge is -2.23. The van der Waals surface area contributed by atoms with E-state index in [-0.39, 0.29) is 11.8 Å². The standard InChI is InChI=1S/C21H26Cl4N2/c1-8(2)14-18(24)12(16(22)10(5)20(14)26)7-13-17(23)11(6)21(27)15(9(3)4)19(13)25/h8-9H,7,26-27H2,1-6H3. The minimum atomic E-state index is 0.164. The molecule has 2 nitrogen and oxygen atoms in total. The third kappa shape index (κ3) is 3.87. The first-order chi connectivity index (χ1) is 12.4. The van der Waals surface area contributed by atoms with Crippen molar-refractivity contribution in [2.45, 2.75) is 59.8 Å². The van der Waals surface area contributed by atoms with Gasteiger partial charge >= 0.3 is 0 Å². The number of nitrogens with two attached hydrogens (primary N) is 2. The van der Waals surface area contributed by atoms with Crippen molar-refractivity contribution < 1.29 is 0 Å². The fourth-order valence-corrected chi connectivity index (χ4v) is 5.05. The van der Waals surface area contributed by atoms with Crippen molar-refractivity contribution in [3.63, 3.8) is 0 Å². The van der Waals surface area contributed by atoms with Gasteiger partial charge in [-0.25, -0.2) is 0 Å². The third-order valence-corrected chi connectivity index (χ3v) is 6.97. The number of hydrogen-bond donors (Lipinski definition) is 2. The molecule has 2 rings (SSSR count). The molecule has 0 radical (unpaired) electrons. The molecule has 6 heteroatoms. The molecule has 0 heterocycles. The van der Waals surface area contributed by atoms with Crippen LogP contribution in [0.3, 0.4) is 0 Å². The zero-order valence-corrected chi connectivity index (χ0v) is 19.6. The molecule has 27 heavy (non-hydrogen) atoms. The summed E-state index contributed by atoms with van der Waals surface area (Å²) in [6.45, 7) is 12.0. The van der Waals surface area contributed by atoms with Crippen LogP contribution in [0.5, 0.6) is 0 Å². The Hall–Kier alpha value is -0.800. The van der Waals surface area contributed by atoms with Gasteiger partial charge in [0.2, 0.25) is 0 Å². The average molecular weight is 448 g/mol. The second-order valence-electron chi connectivity index (χ2n) is 7.60. The highest BCUT2D eigenvalue weighted by atomic mass is 35.5. The molecule has 0 saturated carbocycles. The van der Waals surface area contributed by atoms with Crippen molar-refractivity contribution >= 4 is 57.8 Å². The van der Waals surface area contributed by atoms with E-state index >= 15 is 0 Å². The van der Waals surface area contributed by atoms with E-state index in [1.807, 2.05) is 13.8 Å². The number of halogens is 4. The fourth-order valence-electron chi connectivity index (χ4n) is 3.46. The number of rotatable bonds is 4. The number of hydrogen-bond acceptors (Lipinski definition) is 2. The Kier molecular flexibility index (Phi) is 6.90. The summed E-state index contributed by atoms with van der Waals surface area (Å²) >= 11 is 26.7. The van der Waals surface area contributed by atoms with Gasteiger partial charge in [-0.1, -0.05) is 74.1 Å². The van der Waals surface area contributed by atoms with Crippen LogP contribution in [0, 0.1) is 13.8 Å². The predicted molar refractivity (Wildman–Crippen MR) is 122 cm³/mol. The minimum absolute atomic E-state index is 0.164. The topological polar surface area (TPSA) is 52.0 Å². The molecule has 4 N–H and O–H groups in total. The van der Waals surface area contributed by atoms with E-state index in [2.05, 4.69) is 27.7 Å². The van der Waals surface area contributed by atoms with Crippen molar-refractivity contribution in [2.24, 2.45) is 0 Å². The van der Waals surface area contributed by atoms with Crippen LogP contribution in [0.1, 0.15) is 72.9 Å². The molecule has 0 aliphatic rings. The Balaban J connectivity index is 2.79. The Bertz CT molecular complexity index is 829. The van der Waals surface area contributed by atoms with E-state index in [9.17, 15) is 0 Å². The van der Waals surface area contributed by atoms with Gasteiger partial charge in [0.05, 0.1) is 20.1 Å². The van der Waals surface area contributed by atoms with Crippen molar-refractivity contribution in [2.75, 3.05) is 11.5 Å². The second kappa shape index (κ2) is 8.29. The first-order valence-electron chi connectivity index (χ1n) is 8.93. The van der Waals surface area contributed by atoms with Gasteiger partial charge in [-0.15, -0.1) is 0 Å². The molecule has 0 aromatic heterocycles. The molecule has 0 aliphatic heterocycles. The third-order valence-electron chi connectivity index (χ3n) is 5.09. The van der Waals surface area contributed by atoms with Crippen molar-refractivity contribution in [3.8, 4) is 0 Å². The summed E-state index contributed by atoms with van der Waals surface area (Å²) < 4.78 is 0. The molecular weight excluding hydrogens is 422 g/mol. The fraction of sp³-hybridized carbons (Fsp3) is 0.429. The molecule has 0 fully saturated rings. The number of benzene rings is 2. The van der Waals surface area contributed by atoms with E-state index < -0.39 is 0 Å². The van der Waals surface area contributed by atoms with Crippen molar-refractivity contribution in [3.05, 3.63) is 53.5 Å². The van der Waals surface area contributed by atoms with Gasteiger partial charge in [-0.2, -0.15) is 0 Å². The molecule has 148 valence electrons. The Labute approximate surface area is 182 Å². The normalized spacial score (nSPS) is 11.7. The van der Waals surface area contributed by atoms with Crippen LogP contribution >= 0.6 is 46.4 Å². The van der Waals surface area contributed by atoms with Crippen LogP contribution in [0.15, 0.2) is 0 Å². The number of nitrogen functional groups attached to an aromatic ring is 2. The zero-order valence-electron chi connectivity index (χ0n) is 16.5. The summed E-state index contributed by atoms with van der Waals surface area (Å²) in [5.41, 5.74) is 18.8. The van der Waals surface area contributed by atoms with E-state index in [4.69, 9.17) is 57.9 Å². The maximum atomic E-state index is 6.74.